The largest absolute Gasteiger partial charge is 0.448 e. The topological polar surface area (TPSA) is 73.6 Å². The fourth-order valence-electron chi connectivity index (χ4n) is 6.70. The van der Waals surface area contributed by atoms with E-state index in [1.165, 1.54) is 28.3 Å². The smallest absolute Gasteiger partial charge is 0.410 e. The Morgan fingerprint density at radius 2 is 1.65 bits per heavy atom. The lowest BCUT2D eigenvalue weighted by molar-refractivity contribution is -0.0892. The number of nitrogens with zero attached hydrogens (tertiary/aromatic N) is 2. The minimum Gasteiger partial charge on any atom is -0.448 e. The Hall–Kier alpha value is -3.69. The van der Waals surface area contributed by atoms with Crippen LogP contribution in [0.5, 0.6) is 0 Å². The SMILES string of the molecule is N#CCc1ccc(C2(O)CC3CCCC(C2)N3C(=O)OCC2c3ccccc3-c3ccccc32)cc1F. The highest BCUT2D eigenvalue weighted by Crippen LogP contribution is 2.46. The third-order valence-corrected chi connectivity index (χ3v) is 8.41. The van der Waals surface area contributed by atoms with E-state index >= 15 is 0 Å². The van der Waals surface area contributed by atoms with Crippen LogP contribution in [0.4, 0.5) is 9.18 Å². The van der Waals surface area contributed by atoms with Crippen molar-refractivity contribution in [1.82, 2.24) is 4.90 Å². The second-order valence-corrected chi connectivity index (χ2v) is 10.5. The van der Waals surface area contributed by atoms with E-state index < -0.39 is 11.4 Å². The Bertz CT molecular complexity index is 1340. The molecule has 1 N–H and O–H groups in total. The molecule has 5 nitrogen and oxygen atoms in total. The second kappa shape index (κ2) is 9.32. The van der Waals surface area contributed by atoms with Gasteiger partial charge in [-0.25, -0.2) is 9.18 Å². The number of piperidine rings is 2. The van der Waals surface area contributed by atoms with Crippen LogP contribution in [0, 0.1) is 17.1 Å². The minimum atomic E-state index is -1.22. The number of hydrogen-bond acceptors (Lipinski definition) is 4. The number of nitriles is 1. The number of halogens is 1. The summed E-state index contributed by atoms with van der Waals surface area (Å²) in [6, 6.07) is 22.8. The normalized spacial score (nSPS) is 24.2. The number of ether oxygens (including phenoxy) is 1. The number of fused-ring (bicyclic) bond motifs is 5. The summed E-state index contributed by atoms with van der Waals surface area (Å²) in [6.07, 6.45) is 2.86. The van der Waals surface area contributed by atoms with Crippen molar-refractivity contribution in [3.63, 3.8) is 0 Å². The van der Waals surface area contributed by atoms with Gasteiger partial charge >= 0.3 is 6.09 Å². The maximum atomic E-state index is 14.6. The van der Waals surface area contributed by atoms with E-state index in [1.807, 2.05) is 35.2 Å². The van der Waals surface area contributed by atoms with E-state index in [2.05, 4.69) is 24.3 Å². The van der Waals surface area contributed by atoms with Gasteiger partial charge in [0.25, 0.3) is 0 Å². The van der Waals surface area contributed by atoms with Crippen LogP contribution in [0.1, 0.15) is 60.3 Å². The van der Waals surface area contributed by atoms with Gasteiger partial charge < -0.3 is 14.7 Å². The van der Waals surface area contributed by atoms with Gasteiger partial charge in [0.2, 0.25) is 0 Å². The van der Waals surface area contributed by atoms with Crippen molar-refractivity contribution in [1.29, 1.82) is 5.26 Å². The number of carbonyl (C=O) groups excluding carboxylic acids is 1. The van der Waals surface area contributed by atoms with Gasteiger partial charge in [-0.3, -0.25) is 0 Å². The average Bonchev–Trinajstić information content (AvgIpc) is 3.22. The Labute approximate surface area is 216 Å². The molecule has 6 heteroatoms. The van der Waals surface area contributed by atoms with Crippen LogP contribution in [0.3, 0.4) is 0 Å². The number of hydrogen-bond donors (Lipinski definition) is 1. The lowest BCUT2D eigenvalue weighted by Gasteiger charge is -2.51. The summed E-state index contributed by atoms with van der Waals surface area (Å²) in [5, 5.41) is 20.5. The van der Waals surface area contributed by atoms with Crippen LogP contribution in [0.2, 0.25) is 0 Å². The quantitative estimate of drug-likeness (QED) is 0.478. The first kappa shape index (κ1) is 23.7. The van der Waals surface area contributed by atoms with Gasteiger partial charge in [0.1, 0.15) is 12.4 Å². The van der Waals surface area contributed by atoms with Gasteiger partial charge in [-0.2, -0.15) is 5.26 Å². The summed E-state index contributed by atoms with van der Waals surface area (Å²) in [4.78, 5) is 15.3. The Morgan fingerprint density at radius 3 is 2.24 bits per heavy atom. The molecule has 3 aromatic rings. The van der Waals surface area contributed by atoms with Crippen molar-refractivity contribution in [3.8, 4) is 17.2 Å². The van der Waals surface area contributed by atoms with E-state index in [0.717, 1.165) is 19.3 Å². The molecule has 3 aromatic carbocycles. The molecule has 0 radical (unpaired) electrons. The van der Waals surface area contributed by atoms with Gasteiger partial charge in [0, 0.05) is 36.4 Å². The average molecular weight is 497 g/mol. The van der Waals surface area contributed by atoms with E-state index in [9.17, 15) is 14.3 Å². The van der Waals surface area contributed by atoms with Crippen molar-refractivity contribution in [2.75, 3.05) is 6.61 Å². The zero-order chi connectivity index (χ0) is 25.6. The molecule has 188 valence electrons. The predicted octanol–water partition coefficient (Wildman–Crippen LogP) is 6.05. The summed E-state index contributed by atoms with van der Waals surface area (Å²) < 4.78 is 20.5. The fourth-order valence-corrected chi connectivity index (χ4v) is 6.70. The van der Waals surface area contributed by atoms with Crippen molar-refractivity contribution < 1.29 is 19.0 Å². The van der Waals surface area contributed by atoms with Crippen LogP contribution in [0.25, 0.3) is 11.1 Å². The molecule has 2 bridgehead atoms. The molecule has 37 heavy (non-hydrogen) atoms. The van der Waals surface area contributed by atoms with Gasteiger partial charge in [-0.05, 0) is 53.1 Å². The molecule has 2 aliphatic heterocycles. The van der Waals surface area contributed by atoms with Crippen LogP contribution in [-0.2, 0) is 16.8 Å². The molecular formula is C31H29FN2O3. The van der Waals surface area contributed by atoms with E-state index in [0.29, 0.717) is 24.0 Å². The van der Waals surface area contributed by atoms with Gasteiger partial charge in [0.05, 0.1) is 18.1 Å². The number of carbonyl (C=O) groups is 1. The third-order valence-electron chi connectivity index (χ3n) is 8.41. The zero-order valence-corrected chi connectivity index (χ0v) is 20.6. The first-order valence-corrected chi connectivity index (χ1v) is 13.0. The standard InChI is InChI=1S/C31H29FN2O3/c32-29-16-21(13-12-20(29)14-15-33)31(36)17-22-6-5-7-23(18-31)34(22)30(35)37-19-28-26-10-3-1-8-24(26)25-9-2-4-11-27(25)28/h1-4,8-13,16,22-23,28,36H,5-7,14,17-19H2. The summed E-state index contributed by atoms with van der Waals surface area (Å²) in [5.41, 5.74) is 4.33. The van der Waals surface area contributed by atoms with Crippen molar-refractivity contribution in [3.05, 3.63) is 94.8 Å². The molecule has 6 rings (SSSR count). The zero-order valence-electron chi connectivity index (χ0n) is 20.6. The maximum Gasteiger partial charge on any atom is 0.410 e. The molecule has 2 saturated heterocycles. The molecule has 2 fully saturated rings. The first-order chi connectivity index (χ1) is 18.0. The summed E-state index contributed by atoms with van der Waals surface area (Å²) in [6.45, 7) is 0.263. The van der Waals surface area contributed by atoms with E-state index in [4.69, 9.17) is 10.00 Å². The third kappa shape index (κ3) is 4.08. The number of amides is 1. The minimum absolute atomic E-state index is 0.00665. The molecule has 1 aliphatic carbocycles. The fraction of sp³-hybridized carbons (Fsp3) is 0.355. The second-order valence-electron chi connectivity index (χ2n) is 10.5. The van der Waals surface area contributed by atoms with Crippen LogP contribution >= 0.6 is 0 Å². The number of rotatable bonds is 4. The lowest BCUT2D eigenvalue weighted by Crippen LogP contribution is -2.59. The van der Waals surface area contributed by atoms with E-state index in [1.54, 1.807) is 12.1 Å². The van der Waals surface area contributed by atoms with Crippen LogP contribution in [0.15, 0.2) is 66.7 Å². The van der Waals surface area contributed by atoms with Crippen molar-refractivity contribution in [2.24, 2.45) is 0 Å². The van der Waals surface area contributed by atoms with Crippen molar-refractivity contribution >= 4 is 6.09 Å². The monoisotopic (exact) mass is 496 g/mol. The first-order valence-electron chi connectivity index (χ1n) is 13.0. The highest BCUT2D eigenvalue weighted by atomic mass is 19.1. The van der Waals surface area contributed by atoms with E-state index in [-0.39, 0.29) is 37.1 Å². The molecule has 2 unspecified atom stereocenters. The van der Waals surface area contributed by atoms with Crippen LogP contribution < -0.4 is 0 Å². The van der Waals surface area contributed by atoms with Gasteiger partial charge in [-0.1, -0.05) is 60.7 Å². The predicted molar refractivity (Wildman–Crippen MR) is 137 cm³/mol. The van der Waals surface area contributed by atoms with Crippen LogP contribution in [-0.4, -0.2) is 34.8 Å². The van der Waals surface area contributed by atoms with Gasteiger partial charge in [0.15, 0.2) is 0 Å². The molecule has 2 heterocycles. The number of aliphatic hydroxyl groups is 1. The Balaban J connectivity index is 1.19. The maximum absolute atomic E-state index is 14.6. The summed E-state index contributed by atoms with van der Waals surface area (Å²) >= 11 is 0. The van der Waals surface area contributed by atoms with Crippen molar-refractivity contribution in [2.45, 2.75) is 62.1 Å². The number of benzene rings is 3. The molecule has 1 amide bonds. The summed E-state index contributed by atoms with van der Waals surface area (Å²) in [5.74, 6) is -0.482. The molecule has 2 atom stereocenters. The molecular weight excluding hydrogens is 467 g/mol. The highest BCUT2D eigenvalue weighted by Gasteiger charge is 2.49. The highest BCUT2D eigenvalue weighted by molar-refractivity contribution is 5.79. The summed E-state index contributed by atoms with van der Waals surface area (Å²) in [7, 11) is 0. The lowest BCUT2D eigenvalue weighted by atomic mass is 9.72. The molecule has 0 spiro atoms. The molecule has 0 aromatic heterocycles. The molecule has 3 aliphatic rings. The Kier molecular flexibility index (Phi) is 5.97. The van der Waals surface area contributed by atoms with Gasteiger partial charge in [-0.15, -0.1) is 0 Å². The Morgan fingerprint density at radius 1 is 1.03 bits per heavy atom. The molecule has 0 saturated carbocycles.